The van der Waals surface area contributed by atoms with Gasteiger partial charge in [0.15, 0.2) is 5.96 Å². The van der Waals surface area contributed by atoms with Gasteiger partial charge < -0.3 is 26.4 Å². The van der Waals surface area contributed by atoms with Crippen molar-refractivity contribution in [3.8, 4) is 0 Å². The Kier molecular flexibility index (Phi) is 10.7. The van der Waals surface area contributed by atoms with E-state index < -0.39 is 11.8 Å². The van der Waals surface area contributed by atoms with Gasteiger partial charge in [0.2, 0.25) is 0 Å². The Morgan fingerprint density at radius 2 is 1.87 bits per heavy atom. The van der Waals surface area contributed by atoms with E-state index in [0.717, 1.165) is 52.8 Å². The summed E-state index contributed by atoms with van der Waals surface area (Å²) in [6.45, 7) is 3.72. The van der Waals surface area contributed by atoms with Crippen molar-refractivity contribution in [2.75, 3.05) is 6.54 Å². The molecule has 0 spiro atoms. The van der Waals surface area contributed by atoms with Crippen molar-refractivity contribution in [1.82, 2.24) is 15.5 Å². The van der Waals surface area contributed by atoms with Crippen molar-refractivity contribution in [1.29, 1.82) is 0 Å². The van der Waals surface area contributed by atoms with E-state index in [2.05, 4.69) is 45.6 Å². The van der Waals surface area contributed by atoms with Gasteiger partial charge in [-0.3, -0.25) is 0 Å². The molecule has 0 aromatic heterocycles. The van der Waals surface area contributed by atoms with Gasteiger partial charge in [-0.15, -0.1) is 0 Å². The zero-order valence-electron chi connectivity index (χ0n) is 23.2. The van der Waals surface area contributed by atoms with Crippen molar-refractivity contribution < 1.29 is 9.90 Å². The van der Waals surface area contributed by atoms with Crippen molar-refractivity contribution in [2.24, 2.45) is 16.6 Å². The number of benzene rings is 2. The molecule has 1 fully saturated rings. The monoisotopic (exact) mass is 597 g/mol. The van der Waals surface area contributed by atoms with E-state index in [1.807, 2.05) is 36.4 Å². The van der Waals surface area contributed by atoms with Crippen molar-refractivity contribution in [3.63, 3.8) is 0 Å². The number of carbonyl (C=O) groups excluding carboxylic acids is 1. The van der Waals surface area contributed by atoms with Crippen LogP contribution in [0.25, 0.3) is 0 Å². The number of nitrogens with one attached hydrogen (secondary N) is 2. The number of rotatable bonds is 11. The first-order valence-corrected chi connectivity index (χ1v) is 15.3. The minimum absolute atomic E-state index is 0.148. The highest BCUT2D eigenvalue weighted by molar-refractivity contribution is 9.10. The summed E-state index contributed by atoms with van der Waals surface area (Å²) >= 11 is 3.63. The number of halogens is 1. The van der Waals surface area contributed by atoms with Crippen LogP contribution in [-0.4, -0.2) is 34.8 Å². The third-order valence-electron chi connectivity index (χ3n) is 8.20. The number of nitrogens with zero attached hydrogens (tertiary/aromatic N) is 2. The Balaban J connectivity index is 1.43. The fourth-order valence-corrected chi connectivity index (χ4v) is 6.24. The number of aliphatic hydroxyl groups is 1. The second kappa shape index (κ2) is 14.2. The molecule has 1 heterocycles. The molecule has 1 saturated carbocycles. The quantitative estimate of drug-likeness (QED) is 0.233. The molecule has 0 radical (unpaired) electrons. The minimum Gasteiger partial charge on any atom is -0.373 e. The lowest BCUT2D eigenvalue weighted by atomic mass is 9.77. The molecule has 1 aliphatic carbocycles. The fourth-order valence-electron chi connectivity index (χ4n) is 5.84. The van der Waals surface area contributed by atoms with Crippen LogP contribution in [0.3, 0.4) is 0 Å². The third kappa shape index (κ3) is 8.21. The molecule has 2 atom stereocenters. The molecule has 2 aromatic carbocycles. The highest BCUT2D eigenvalue weighted by atomic mass is 79.9. The Labute approximate surface area is 241 Å². The van der Waals surface area contributed by atoms with Crippen LogP contribution in [0.4, 0.5) is 4.79 Å². The normalized spacial score (nSPS) is 21.9. The number of unbranched alkanes of at least 4 members (excludes halogenated alkanes) is 1. The molecule has 0 saturated heterocycles. The summed E-state index contributed by atoms with van der Waals surface area (Å²) < 4.78 is 1.01. The first kappa shape index (κ1) is 29.4. The van der Waals surface area contributed by atoms with Gasteiger partial charge in [0.05, 0.1) is 5.54 Å². The molecule has 212 valence electrons. The number of hydrogen-bond donors (Lipinski definition) is 4. The number of hydrogen-bond acceptors (Lipinski definition) is 5. The molecule has 2 unspecified atom stereocenters. The SMILES string of the molecule is CCCCNC(=O)NCc1ccc(CN2C(N)=NC(CCC3CCCCC3)(c3cccc(Br)c3)CC2O)cc1. The Hall–Kier alpha value is -2.58. The number of carbonyl (C=O) groups is 1. The molecule has 2 aromatic rings. The van der Waals surface area contributed by atoms with Crippen molar-refractivity contribution in [2.45, 2.75) is 96.0 Å². The molecule has 1 aliphatic heterocycles. The van der Waals surface area contributed by atoms with E-state index in [1.165, 1.54) is 32.1 Å². The van der Waals surface area contributed by atoms with Gasteiger partial charge in [-0.1, -0.05) is 97.8 Å². The van der Waals surface area contributed by atoms with E-state index in [0.29, 0.717) is 32.0 Å². The fraction of sp³-hybridized carbons (Fsp3) is 0.548. The molecule has 39 heavy (non-hydrogen) atoms. The van der Waals surface area contributed by atoms with Crippen LogP contribution >= 0.6 is 15.9 Å². The number of guanidine groups is 1. The summed E-state index contributed by atoms with van der Waals surface area (Å²) in [6, 6.07) is 16.2. The summed E-state index contributed by atoms with van der Waals surface area (Å²) in [5.41, 5.74) is 9.20. The van der Waals surface area contributed by atoms with Crippen LogP contribution in [0.1, 0.15) is 87.8 Å². The van der Waals surface area contributed by atoms with Gasteiger partial charge in [-0.2, -0.15) is 0 Å². The van der Waals surface area contributed by atoms with Crippen molar-refractivity contribution >= 4 is 27.9 Å². The molecule has 0 bridgehead atoms. The number of urea groups is 1. The smallest absolute Gasteiger partial charge is 0.315 e. The van der Waals surface area contributed by atoms with Gasteiger partial charge in [0.1, 0.15) is 6.23 Å². The summed E-state index contributed by atoms with van der Waals surface area (Å²) in [5.74, 6) is 1.11. The summed E-state index contributed by atoms with van der Waals surface area (Å²) in [5, 5.41) is 17.1. The number of aliphatic hydroxyl groups excluding tert-OH is 1. The first-order valence-electron chi connectivity index (χ1n) is 14.5. The van der Waals surface area contributed by atoms with Gasteiger partial charge in [-0.25, -0.2) is 9.79 Å². The van der Waals surface area contributed by atoms with E-state index >= 15 is 0 Å². The average Bonchev–Trinajstić information content (AvgIpc) is 2.94. The number of amides is 2. The molecule has 4 rings (SSSR count). The standard InChI is InChI=1S/C31H44BrN5O2/c1-2-3-18-34-30(39)35-21-24-12-14-25(15-13-24)22-37-28(38)20-31(36-29(37)33,26-10-7-11-27(32)19-26)17-16-23-8-5-4-6-9-23/h7,10-15,19,23,28,38H,2-6,8-9,16-18,20-22H2,1H3,(H2,33,36)(H2,34,35,39). The number of nitrogens with two attached hydrogens (primary N) is 1. The third-order valence-corrected chi connectivity index (χ3v) is 8.69. The molecular weight excluding hydrogens is 554 g/mol. The van der Waals surface area contributed by atoms with E-state index in [1.54, 1.807) is 4.90 Å². The zero-order chi connectivity index (χ0) is 27.7. The molecule has 5 N–H and O–H groups in total. The molecule has 2 aliphatic rings. The first-order chi connectivity index (χ1) is 18.9. The van der Waals surface area contributed by atoms with Gasteiger partial charge in [-0.05, 0) is 54.0 Å². The van der Waals surface area contributed by atoms with Crippen LogP contribution in [0.15, 0.2) is 58.0 Å². The summed E-state index contributed by atoms with van der Waals surface area (Å²) in [7, 11) is 0. The predicted molar refractivity (Wildman–Crippen MR) is 161 cm³/mol. The predicted octanol–water partition coefficient (Wildman–Crippen LogP) is 6.14. The van der Waals surface area contributed by atoms with E-state index in [9.17, 15) is 9.90 Å². The van der Waals surface area contributed by atoms with Crippen LogP contribution < -0.4 is 16.4 Å². The zero-order valence-corrected chi connectivity index (χ0v) is 24.8. The number of aliphatic imine (C=N–C) groups is 1. The maximum absolute atomic E-state index is 11.9. The van der Waals surface area contributed by atoms with Crippen LogP contribution in [0.5, 0.6) is 0 Å². The van der Waals surface area contributed by atoms with Crippen LogP contribution in [0.2, 0.25) is 0 Å². The lowest BCUT2D eigenvalue weighted by Gasteiger charge is -2.43. The molecule has 8 heteroatoms. The Morgan fingerprint density at radius 1 is 1.13 bits per heavy atom. The van der Waals surface area contributed by atoms with Gasteiger partial charge in [0.25, 0.3) is 0 Å². The largest absolute Gasteiger partial charge is 0.373 e. The maximum Gasteiger partial charge on any atom is 0.315 e. The molecular formula is C31H44BrN5O2. The molecule has 2 amide bonds. The average molecular weight is 599 g/mol. The minimum atomic E-state index is -0.735. The van der Waals surface area contributed by atoms with E-state index in [4.69, 9.17) is 10.7 Å². The molecule has 7 nitrogen and oxygen atoms in total. The van der Waals surface area contributed by atoms with Crippen molar-refractivity contribution in [3.05, 3.63) is 69.7 Å². The Bertz CT molecular complexity index is 1100. The van der Waals surface area contributed by atoms with E-state index in [-0.39, 0.29) is 6.03 Å². The summed E-state index contributed by atoms with van der Waals surface area (Å²) in [6.07, 6.45) is 10.3. The second-order valence-corrected chi connectivity index (χ2v) is 12.1. The van der Waals surface area contributed by atoms with Crippen LogP contribution in [-0.2, 0) is 18.6 Å². The maximum atomic E-state index is 11.9. The summed E-state index contributed by atoms with van der Waals surface area (Å²) in [4.78, 5) is 18.8. The van der Waals surface area contributed by atoms with Gasteiger partial charge in [0, 0.05) is 30.5 Å². The lowest BCUT2D eigenvalue weighted by Crippen LogP contribution is -2.52. The highest BCUT2D eigenvalue weighted by Gasteiger charge is 2.41. The van der Waals surface area contributed by atoms with Gasteiger partial charge >= 0.3 is 6.03 Å². The van der Waals surface area contributed by atoms with Crippen LogP contribution in [0, 0.1) is 5.92 Å². The highest BCUT2D eigenvalue weighted by Crippen LogP contribution is 2.42. The topological polar surface area (TPSA) is 103 Å². The lowest BCUT2D eigenvalue weighted by molar-refractivity contribution is 0.00439. The Morgan fingerprint density at radius 3 is 2.56 bits per heavy atom. The second-order valence-electron chi connectivity index (χ2n) is 11.1.